The first kappa shape index (κ1) is 10.1. The van der Waals surface area contributed by atoms with Crippen molar-refractivity contribution in [3.63, 3.8) is 0 Å². The van der Waals surface area contributed by atoms with Gasteiger partial charge in [0.2, 0.25) is 5.91 Å². The quantitative estimate of drug-likeness (QED) is 0.773. The largest absolute Gasteiger partial charge is 0.335 e. The van der Waals surface area contributed by atoms with Crippen LogP contribution in [0.2, 0.25) is 0 Å². The monoisotopic (exact) mass is 205 g/mol. The van der Waals surface area contributed by atoms with Gasteiger partial charge in [0.25, 0.3) is 0 Å². The molecule has 1 amide bonds. The lowest BCUT2D eigenvalue weighted by Crippen LogP contribution is -2.35. The molecule has 0 aliphatic carbocycles. The molecule has 1 aliphatic rings. The molecule has 2 N–H and O–H groups in total. The van der Waals surface area contributed by atoms with E-state index in [0.29, 0.717) is 0 Å². The van der Waals surface area contributed by atoms with E-state index in [1.54, 1.807) is 12.4 Å². The van der Waals surface area contributed by atoms with E-state index in [4.69, 9.17) is 5.73 Å². The zero-order chi connectivity index (χ0) is 10.7. The summed E-state index contributed by atoms with van der Waals surface area (Å²) in [7, 11) is 0. The van der Waals surface area contributed by atoms with Crippen molar-refractivity contribution in [2.75, 3.05) is 13.1 Å². The van der Waals surface area contributed by atoms with E-state index in [1.807, 2.05) is 17.0 Å². The maximum atomic E-state index is 11.6. The van der Waals surface area contributed by atoms with Crippen LogP contribution in [-0.4, -0.2) is 28.9 Å². The fourth-order valence-corrected chi connectivity index (χ4v) is 2.11. The van der Waals surface area contributed by atoms with Gasteiger partial charge >= 0.3 is 0 Å². The Kier molecular flexibility index (Phi) is 2.97. The molecule has 0 saturated carbocycles. The van der Waals surface area contributed by atoms with Gasteiger partial charge in [0.1, 0.15) is 0 Å². The minimum Gasteiger partial charge on any atom is -0.335 e. The summed E-state index contributed by atoms with van der Waals surface area (Å²) >= 11 is 0. The molecule has 2 heterocycles. The zero-order valence-electron chi connectivity index (χ0n) is 8.60. The van der Waals surface area contributed by atoms with Crippen LogP contribution in [-0.2, 0) is 4.79 Å². The Balaban J connectivity index is 2.18. The summed E-state index contributed by atoms with van der Waals surface area (Å²) in [5.74, 6) is 0.0364. The molecule has 4 nitrogen and oxygen atoms in total. The summed E-state index contributed by atoms with van der Waals surface area (Å²) < 4.78 is 0. The number of hydrogen-bond acceptors (Lipinski definition) is 3. The van der Waals surface area contributed by atoms with Crippen molar-refractivity contribution in [1.29, 1.82) is 0 Å². The number of nitrogens with zero attached hydrogens (tertiary/aromatic N) is 2. The van der Waals surface area contributed by atoms with Gasteiger partial charge in [-0.1, -0.05) is 0 Å². The van der Waals surface area contributed by atoms with Gasteiger partial charge in [-0.05, 0) is 30.5 Å². The van der Waals surface area contributed by atoms with Crippen LogP contribution < -0.4 is 5.73 Å². The van der Waals surface area contributed by atoms with Gasteiger partial charge in [0.05, 0.1) is 12.6 Å². The summed E-state index contributed by atoms with van der Waals surface area (Å²) in [6.45, 7) is 0.921. The number of likely N-dealkylation sites (tertiary alicyclic amines) is 1. The maximum absolute atomic E-state index is 11.6. The number of amides is 1. The highest BCUT2D eigenvalue weighted by molar-refractivity contribution is 5.78. The Morgan fingerprint density at radius 3 is 2.93 bits per heavy atom. The van der Waals surface area contributed by atoms with E-state index >= 15 is 0 Å². The van der Waals surface area contributed by atoms with E-state index in [-0.39, 0.29) is 18.5 Å². The van der Waals surface area contributed by atoms with Crippen molar-refractivity contribution < 1.29 is 4.79 Å². The Labute approximate surface area is 89.1 Å². The minimum absolute atomic E-state index is 0.0364. The highest BCUT2D eigenvalue weighted by Gasteiger charge is 2.28. The van der Waals surface area contributed by atoms with Crippen LogP contribution in [0, 0.1) is 0 Å². The van der Waals surface area contributed by atoms with Gasteiger partial charge in [-0.3, -0.25) is 9.78 Å². The molecule has 0 radical (unpaired) electrons. The van der Waals surface area contributed by atoms with E-state index in [9.17, 15) is 4.79 Å². The molecule has 1 aromatic rings. The Bertz CT molecular complexity index is 339. The van der Waals surface area contributed by atoms with Crippen molar-refractivity contribution in [3.05, 3.63) is 30.1 Å². The van der Waals surface area contributed by atoms with Crippen LogP contribution in [0.25, 0.3) is 0 Å². The first-order valence-corrected chi connectivity index (χ1v) is 5.22. The third-order valence-corrected chi connectivity index (χ3v) is 2.84. The van der Waals surface area contributed by atoms with Crippen LogP contribution in [0.15, 0.2) is 24.5 Å². The number of carbonyl (C=O) groups is 1. The van der Waals surface area contributed by atoms with Crippen molar-refractivity contribution in [3.8, 4) is 0 Å². The molecule has 0 spiro atoms. The normalized spacial score (nSPS) is 20.6. The molecule has 1 atom stereocenters. The van der Waals surface area contributed by atoms with Gasteiger partial charge in [-0.2, -0.15) is 0 Å². The Morgan fingerprint density at radius 1 is 1.53 bits per heavy atom. The highest BCUT2D eigenvalue weighted by atomic mass is 16.2. The lowest BCUT2D eigenvalue weighted by Gasteiger charge is -2.24. The van der Waals surface area contributed by atoms with Crippen LogP contribution in [0.1, 0.15) is 24.4 Å². The van der Waals surface area contributed by atoms with Gasteiger partial charge in [-0.25, -0.2) is 0 Å². The molecule has 0 aromatic carbocycles. The first-order valence-electron chi connectivity index (χ1n) is 5.22. The second kappa shape index (κ2) is 4.40. The van der Waals surface area contributed by atoms with Crippen molar-refractivity contribution >= 4 is 5.91 Å². The van der Waals surface area contributed by atoms with Crippen molar-refractivity contribution in [2.24, 2.45) is 5.73 Å². The molecular weight excluding hydrogens is 190 g/mol. The summed E-state index contributed by atoms with van der Waals surface area (Å²) in [5.41, 5.74) is 6.55. The average Bonchev–Trinajstić information content (AvgIpc) is 2.78. The number of rotatable bonds is 2. The molecule has 1 fully saturated rings. The molecule has 1 aliphatic heterocycles. The molecule has 2 rings (SSSR count). The molecule has 4 heteroatoms. The van der Waals surface area contributed by atoms with Gasteiger partial charge in [0, 0.05) is 18.9 Å². The SMILES string of the molecule is NCC(=O)N1CCCC1c1ccncc1. The minimum atomic E-state index is 0.0364. The number of carbonyl (C=O) groups excluding carboxylic acids is 1. The molecule has 0 bridgehead atoms. The van der Waals surface area contributed by atoms with Crippen LogP contribution in [0.5, 0.6) is 0 Å². The lowest BCUT2D eigenvalue weighted by molar-refractivity contribution is -0.130. The van der Waals surface area contributed by atoms with Crippen LogP contribution in [0.3, 0.4) is 0 Å². The number of aromatic nitrogens is 1. The first-order chi connectivity index (χ1) is 7.33. The summed E-state index contributed by atoms with van der Waals surface area (Å²) in [6, 6.07) is 4.13. The third-order valence-electron chi connectivity index (χ3n) is 2.84. The van der Waals surface area contributed by atoms with E-state index in [2.05, 4.69) is 4.98 Å². The lowest BCUT2D eigenvalue weighted by atomic mass is 10.1. The number of nitrogens with two attached hydrogens (primary N) is 1. The van der Waals surface area contributed by atoms with E-state index < -0.39 is 0 Å². The predicted molar refractivity (Wildman–Crippen MR) is 57.0 cm³/mol. The zero-order valence-corrected chi connectivity index (χ0v) is 8.60. The summed E-state index contributed by atoms with van der Waals surface area (Å²) in [5, 5.41) is 0. The molecule has 15 heavy (non-hydrogen) atoms. The van der Waals surface area contributed by atoms with E-state index in [1.165, 1.54) is 0 Å². The summed E-state index contributed by atoms with van der Waals surface area (Å²) in [6.07, 6.45) is 5.60. The second-order valence-corrected chi connectivity index (χ2v) is 3.73. The van der Waals surface area contributed by atoms with Crippen LogP contribution >= 0.6 is 0 Å². The van der Waals surface area contributed by atoms with Gasteiger partial charge in [-0.15, -0.1) is 0 Å². The molecule has 1 unspecified atom stereocenters. The third kappa shape index (κ3) is 1.99. The van der Waals surface area contributed by atoms with Crippen molar-refractivity contribution in [1.82, 2.24) is 9.88 Å². The Morgan fingerprint density at radius 2 is 2.27 bits per heavy atom. The molecular formula is C11H15N3O. The van der Waals surface area contributed by atoms with Crippen molar-refractivity contribution in [2.45, 2.75) is 18.9 Å². The summed E-state index contributed by atoms with van der Waals surface area (Å²) in [4.78, 5) is 17.4. The molecule has 1 saturated heterocycles. The standard InChI is InChI=1S/C11H15N3O/c12-8-11(15)14-7-1-2-10(14)9-3-5-13-6-4-9/h3-6,10H,1-2,7-8,12H2. The number of hydrogen-bond donors (Lipinski definition) is 1. The fourth-order valence-electron chi connectivity index (χ4n) is 2.11. The average molecular weight is 205 g/mol. The Hall–Kier alpha value is -1.42. The van der Waals surface area contributed by atoms with Crippen LogP contribution in [0.4, 0.5) is 0 Å². The smallest absolute Gasteiger partial charge is 0.236 e. The maximum Gasteiger partial charge on any atom is 0.236 e. The predicted octanol–water partition coefficient (Wildman–Crippen LogP) is 0.704. The fraction of sp³-hybridized carbons (Fsp3) is 0.455. The topological polar surface area (TPSA) is 59.2 Å². The highest BCUT2D eigenvalue weighted by Crippen LogP contribution is 2.31. The number of pyridine rings is 1. The second-order valence-electron chi connectivity index (χ2n) is 3.73. The van der Waals surface area contributed by atoms with E-state index in [0.717, 1.165) is 24.9 Å². The molecule has 80 valence electrons. The molecule has 1 aromatic heterocycles. The van der Waals surface area contributed by atoms with Gasteiger partial charge in [0.15, 0.2) is 0 Å². The van der Waals surface area contributed by atoms with Gasteiger partial charge < -0.3 is 10.6 Å².